The number of carbonyl (C=O) groups excluding carboxylic acids is 1. The Morgan fingerprint density at radius 3 is 2.19 bits per heavy atom. The molecule has 0 spiro atoms. The zero-order valence-electron chi connectivity index (χ0n) is 24.9. The Balaban J connectivity index is 1.28. The van der Waals surface area contributed by atoms with Gasteiger partial charge in [0.2, 0.25) is 11.9 Å². The quantitative estimate of drug-likeness (QED) is 0.323. The number of piperazine rings is 1. The second kappa shape index (κ2) is 12.9. The van der Waals surface area contributed by atoms with E-state index in [0.717, 1.165) is 4.90 Å². The van der Waals surface area contributed by atoms with Gasteiger partial charge in [0.15, 0.2) is 0 Å². The second-order valence-corrected chi connectivity index (χ2v) is 11.2. The molecule has 2 fully saturated rings. The number of nitrogens with zero attached hydrogens (tertiary/aromatic N) is 7. The van der Waals surface area contributed by atoms with Crippen molar-refractivity contribution in [1.29, 1.82) is 0 Å². The third kappa shape index (κ3) is 7.90. The number of aromatic nitrogens is 4. The van der Waals surface area contributed by atoms with Crippen molar-refractivity contribution in [2.45, 2.75) is 50.1 Å². The van der Waals surface area contributed by atoms with Gasteiger partial charge in [0.1, 0.15) is 17.1 Å². The molecule has 0 bridgehead atoms. The molecular formula is C29H29F8N7O3. The average Bonchev–Trinajstić information content (AvgIpc) is 3.34. The molecule has 0 radical (unpaired) electrons. The fraction of sp³-hybridized carbons (Fsp3) is 0.483. The molecule has 18 heteroatoms. The largest absolute Gasteiger partial charge is 0.497 e. The maximum absolute atomic E-state index is 14.7. The fourth-order valence-corrected chi connectivity index (χ4v) is 5.54. The van der Waals surface area contributed by atoms with Crippen LogP contribution in [0.4, 0.5) is 46.9 Å². The monoisotopic (exact) mass is 675 g/mol. The van der Waals surface area contributed by atoms with Crippen LogP contribution >= 0.6 is 0 Å². The van der Waals surface area contributed by atoms with E-state index < -0.39 is 59.8 Å². The Bertz CT molecular complexity index is 1620. The lowest BCUT2D eigenvalue weighted by Gasteiger charge is -2.35. The summed E-state index contributed by atoms with van der Waals surface area (Å²) in [6.07, 6.45) is -9.40. The maximum atomic E-state index is 14.7. The first-order chi connectivity index (χ1) is 22.0. The summed E-state index contributed by atoms with van der Waals surface area (Å²) in [6.45, 7) is -0.560. The Labute approximate surface area is 262 Å². The molecule has 0 saturated carbocycles. The number of rotatable bonds is 8. The first-order valence-electron chi connectivity index (χ1n) is 14.4. The van der Waals surface area contributed by atoms with Gasteiger partial charge in [-0.15, -0.1) is 0 Å². The van der Waals surface area contributed by atoms with E-state index in [1.165, 1.54) is 24.1 Å². The summed E-state index contributed by atoms with van der Waals surface area (Å²) in [6, 6.07) is 5.56. The smallest absolute Gasteiger partial charge is 0.421 e. The van der Waals surface area contributed by atoms with E-state index in [2.05, 4.69) is 15.1 Å². The molecule has 1 aromatic carbocycles. The van der Waals surface area contributed by atoms with Crippen LogP contribution in [0.1, 0.15) is 36.0 Å². The molecule has 3 aromatic rings. The summed E-state index contributed by atoms with van der Waals surface area (Å²) in [7, 11) is 1.43. The van der Waals surface area contributed by atoms with Crippen molar-refractivity contribution >= 4 is 17.7 Å². The van der Waals surface area contributed by atoms with Gasteiger partial charge in [0, 0.05) is 63.5 Å². The van der Waals surface area contributed by atoms with Crippen molar-refractivity contribution in [3.05, 3.63) is 69.8 Å². The van der Waals surface area contributed by atoms with Crippen molar-refractivity contribution in [3.63, 3.8) is 0 Å². The van der Waals surface area contributed by atoms with Crippen molar-refractivity contribution < 1.29 is 44.7 Å². The minimum Gasteiger partial charge on any atom is -0.497 e. The van der Waals surface area contributed by atoms with Gasteiger partial charge < -0.3 is 19.4 Å². The molecule has 1 amide bonds. The molecule has 254 valence electrons. The minimum absolute atomic E-state index is 0.0629. The lowest BCUT2D eigenvalue weighted by atomic mass is 10.1. The van der Waals surface area contributed by atoms with Crippen molar-refractivity contribution in [1.82, 2.24) is 24.6 Å². The summed E-state index contributed by atoms with van der Waals surface area (Å²) in [5.74, 6) is -3.61. The normalized spacial score (nSPS) is 18.5. The molecule has 0 N–H and O–H groups in total. The number of carbonyl (C=O) groups is 1. The molecule has 2 aromatic heterocycles. The van der Waals surface area contributed by atoms with E-state index in [9.17, 15) is 44.7 Å². The van der Waals surface area contributed by atoms with Gasteiger partial charge in [-0.2, -0.15) is 31.4 Å². The predicted octanol–water partition coefficient (Wildman–Crippen LogP) is 4.47. The van der Waals surface area contributed by atoms with E-state index >= 15 is 0 Å². The standard InChI is InChI=1S/C29H29F8N7O3/c1-47-21-5-2-18(3-6-21)16-44-25(46)22(29(35,36)37)12-23(40-44)43-17-27(30,31)13-20(43)4-7-24(45)41-8-10-42(11-9-41)26-38-14-19(15-39-26)28(32,33)34/h2-3,5-6,12,14-15,20H,4,7-11,13,16-17H2,1H3/t20-/m1/s1. The number of ether oxygens (including phenoxy) is 1. The van der Waals surface area contributed by atoms with E-state index in [1.54, 1.807) is 17.0 Å². The molecule has 1 atom stereocenters. The summed E-state index contributed by atoms with van der Waals surface area (Å²) in [5, 5.41) is 4.05. The highest BCUT2D eigenvalue weighted by Crippen LogP contribution is 2.38. The number of alkyl halides is 8. The number of hydrogen-bond donors (Lipinski definition) is 0. The predicted molar refractivity (Wildman–Crippen MR) is 151 cm³/mol. The van der Waals surface area contributed by atoms with Crippen molar-refractivity contribution in [3.8, 4) is 5.75 Å². The molecule has 4 heterocycles. The van der Waals surface area contributed by atoms with Gasteiger partial charge in [0.25, 0.3) is 11.5 Å². The zero-order chi connectivity index (χ0) is 34.1. The molecule has 5 rings (SSSR count). The third-order valence-electron chi connectivity index (χ3n) is 8.00. The number of amides is 1. The fourth-order valence-electron chi connectivity index (χ4n) is 5.54. The summed E-state index contributed by atoms with van der Waals surface area (Å²) in [4.78, 5) is 37.4. The Kier molecular flexibility index (Phi) is 9.32. The summed E-state index contributed by atoms with van der Waals surface area (Å²) < 4.78 is 115. The number of anilines is 2. The average molecular weight is 676 g/mol. The Hall–Kier alpha value is -4.51. The van der Waals surface area contributed by atoms with Crippen LogP contribution < -0.4 is 20.1 Å². The van der Waals surface area contributed by atoms with E-state index in [-0.39, 0.29) is 57.4 Å². The van der Waals surface area contributed by atoms with Gasteiger partial charge in [0.05, 0.1) is 25.8 Å². The molecule has 2 aliphatic rings. The summed E-state index contributed by atoms with van der Waals surface area (Å²) in [5.41, 5.74) is -3.57. The van der Waals surface area contributed by atoms with E-state index in [1.807, 2.05) is 0 Å². The number of hydrogen-bond acceptors (Lipinski definition) is 8. The Morgan fingerprint density at radius 2 is 1.62 bits per heavy atom. The molecule has 0 unspecified atom stereocenters. The third-order valence-corrected chi connectivity index (χ3v) is 8.00. The van der Waals surface area contributed by atoms with Crippen LogP contribution in [0.2, 0.25) is 0 Å². The Morgan fingerprint density at radius 1 is 0.979 bits per heavy atom. The van der Waals surface area contributed by atoms with Gasteiger partial charge in [-0.3, -0.25) is 9.59 Å². The van der Waals surface area contributed by atoms with Crippen LogP contribution in [0.25, 0.3) is 0 Å². The zero-order valence-corrected chi connectivity index (χ0v) is 24.9. The van der Waals surface area contributed by atoms with Crippen LogP contribution in [0.3, 0.4) is 0 Å². The topological polar surface area (TPSA) is 96.7 Å². The summed E-state index contributed by atoms with van der Waals surface area (Å²) >= 11 is 0. The molecule has 2 aliphatic heterocycles. The lowest BCUT2D eigenvalue weighted by molar-refractivity contribution is -0.139. The lowest BCUT2D eigenvalue weighted by Crippen LogP contribution is -2.49. The SMILES string of the molecule is COc1ccc(Cn2nc(N3CC(F)(F)C[C@H]3CCC(=O)N3CCN(c4ncc(C(F)(F)F)cn4)CC3)cc(C(F)(F)F)c2=O)cc1. The van der Waals surface area contributed by atoms with Gasteiger partial charge in [-0.05, 0) is 24.1 Å². The molecule has 10 nitrogen and oxygen atoms in total. The number of benzene rings is 1. The minimum atomic E-state index is -5.09. The van der Waals surface area contributed by atoms with Gasteiger partial charge in [-0.1, -0.05) is 12.1 Å². The number of halogens is 8. The maximum Gasteiger partial charge on any atom is 0.421 e. The first kappa shape index (κ1) is 33.8. The van der Waals surface area contributed by atoms with Crippen LogP contribution in [0, 0.1) is 0 Å². The van der Waals surface area contributed by atoms with Crippen LogP contribution in [0.5, 0.6) is 5.75 Å². The highest BCUT2D eigenvalue weighted by atomic mass is 19.4. The van der Waals surface area contributed by atoms with E-state index in [4.69, 9.17) is 4.74 Å². The second-order valence-electron chi connectivity index (χ2n) is 11.2. The van der Waals surface area contributed by atoms with Crippen molar-refractivity contribution in [2.75, 3.05) is 49.6 Å². The molecule has 2 saturated heterocycles. The highest BCUT2D eigenvalue weighted by molar-refractivity contribution is 5.76. The van der Waals surface area contributed by atoms with Crippen LogP contribution in [-0.2, 0) is 23.7 Å². The van der Waals surface area contributed by atoms with E-state index in [0.29, 0.717) is 34.5 Å². The molecule has 47 heavy (non-hydrogen) atoms. The molecule has 0 aliphatic carbocycles. The van der Waals surface area contributed by atoms with Gasteiger partial charge >= 0.3 is 12.4 Å². The van der Waals surface area contributed by atoms with Gasteiger partial charge in [-0.25, -0.2) is 23.4 Å². The van der Waals surface area contributed by atoms with Crippen LogP contribution in [-0.4, -0.2) is 82.4 Å². The first-order valence-corrected chi connectivity index (χ1v) is 14.4. The highest BCUT2D eigenvalue weighted by Gasteiger charge is 2.47. The molecular weight excluding hydrogens is 646 g/mol. The van der Waals surface area contributed by atoms with Crippen LogP contribution in [0.15, 0.2) is 47.5 Å². The number of methoxy groups -OCH3 is 1. The van der Waals surface area contributed by atoms with Crippen molar-refractivity contribution in [2.24, 2.45) is 0 Å².